The highest BCUT2D eigenvalue weighted by molar-refractivity contribution is 9.10. The molecule has 2 aliphatic rings. The number of ketones is 1. The van der Waals surface area contributed by atoms with Crippen LogP contribution in [0.25, 0.3) is 0 Å². The number of aromatic hydroxyl groups is 1. The standard InChI is InChI=1S/C15H17BrN2O3/c16-12-5-4-11(19)14(17-12)18-15(21)10-6-8-2-1-3-9(7-10)13(8)20/h4-5,8-10,19H,1-3,6-7H2,(H,17,18,21). The van der Waals surface area contributed by atoms with E-state index in [1.54, 1.807) is 6.07 Å². The number of anilines is 1. The van der Waals surface area contributed by atoms with Crippen molar-refractivity contribution in [2.24, 2.45) is 17.8 Å². The first-order valence-corrected chi connectivity index (χ1v) is 8.04. The minimum absolute atomic E-state index is 0.0392. The summed E-state index contributed by atoms with van der Waals surface area (Å²) < 4.78 is 0.547. The van der Waals surface area contributed by atoms with Gasteiger partial charge in [-0.2, -0.15) is 0 Å². The van der Waals surface area contributed by atoms with E-state index >= 15 is 0 Å². The molecule has 5 nitrogen and oxygen atoms in total. The quantitative estimate of drug-likeness (QED) is 0.802. The summed E-state index contributed by atoms with van der Waals surface area (Å²) in [6.45, 7) is 0. The van der Waals surface area contributed by atoms with Crippen LogP contribution in [0.1, 0.15) is 32.1 Å². The Morgan fingerprint density at radius 2 is 1.95 bits per heavy atom. The summed E-state index contributed by atoms with van der Waals surface area (Å²) in [5.41, 5.74) is 0. The molecule has 1 aromatic rings. The third-order valence-electron chi connectivity index (χ3n) is 4.50. The molecular weight excluding hydrogens is 336 g/mol. The summed E-state index contributed by atoms with van der Waals surface area (Å²) in [7, 11) is 0. The highest BCUT2D eigenvalue weighted by Gasteiger charge is 2.41. The molecule has 0 saturated heterocycles. The molecule has 1 heterocycles. The number of carbonyl (C=O) groups is 2. The lowest BCUT2D eigenvalue weighted by Gasteiger charge is -2.36. The number of halogens is 1. The second kappa shape index (κ2) is 5.75. The van der Waals surface area contributed by atoms with E-state index < -0.39 is 0 Å². The van der Waals surface area contributed by atoms with Crippen molar-refractivity contribution in [1.29, 1.82) is 0 Å². The number of fused-ring (bicyclic) bond motifs is 2. The van der Waals surface area contributed by atoms with Crippen LogP contribution in [0.4, 0.5) is 5.82 Å². The number of Topliss-reactive ketones (excluding diaryl/α,β-unsaturated/α-hetero) is 1. The zero-order valence-electron chi connectivity index (χ0n) is 11.5. The summed E-state index contributed by atoms with van der Waals surface area (Å²) in [4.78, 5) is 28.5. The van der Waals surface area contributed by atoms with Gasteiger partial charge in [0.1, 0.15) is 10.4 Å². The summed E-state index contributed by atoms with van der Waals surface area (Å²) in [6, 6.07) is 3.08. The Hall–Kier alpha value is -1.43. The molecule has 1 aromatic heterocycles. The second-order valence-electron chi connectivity index (χ2n) is 5.89. The van der Waals surface area contributed by atoms with Gasteiger partial charge in [0.25, 0.3) is 0 Å². The highest BCUT2D eigenvalue weighted by atomic mass is 79.9. The van der Waals surface area contributed by atoms with Gasteiger partial charge in [-0.1, -0.05) is 6.42 Å². The van der Waals surface area contributed by atoms with Crippen molar-refractivity contribution in [3.05, 3.63) is 16.7 Å². The van der Waals surface area contributed by atoms with Gasteiger partial charge < -0.3 is 10.4 Å². The van der Waals surface area contributed by atoms with Gasteiger partial charge in [-0.15, -0.1) is 0 Å². The Bertz CT molecular complexity index is 574. The van der Waals surface area contributed by atoms with Gasteiger partial charge in [0, 0.05) is 17.8 Å². The molecule has 112 valence electrons. The molecule has 21 heavy (non-hydrogen) atoms. The Labute approximate surface area is 131 Å². The molecule has 2 unspecified atom stereocenters. The van der Waals surface area contributed by atoms with E-state index in [0.29, 0.717) is 23.2 Å². The van der Waals surface area contributed by atoms with Crippen molar-refractivity contribution in [3.63, 3.8) is 0 Å². The molecule has 2 bridgehead atoms. The molecule has 3 rings (SSSR count). The molecule has 2 fully saturated rings. The number of hydrogen-bond donors (Lipinski definition) is 2. The van der Waals surface area contributed by atoms with Crippen LogP contribution in [0.2, 0.25) is 0 Å². The molecule has 2 N–H and O–H groups in total. The first kappa shape index (κ1) is 14.5. The van der Waals surface area contributed by atoms with E-state index in [0.717, 1.165) is 19.3 Å². The maximum Gasteiger partial charge on any atom is 0.228 e. The van der Waals surface area contributed by atoms with E-state index in [1.165, 1.54) is 6.07 Å². The van der Waals surface area contributed by atoms with E-state index in [9.17, 15) is 14.7 Å². The summed E-state index contributed by atoms with van der Waals surface area (Å²) in [5, 5.41) is 12.4. The Morgan fingerprint density at radius 3 is 2.62 bits per heavy atom. The van der Waals surface area contributed by atoms with E-state index in [-0.39, 0.29) is 35.2 Å². The molecule has 2 atom stereocenters. The minimum atomic E-state index is -0.168. The van der Waals surface area contributed by atoms with E-state index in [1.807, 2.05) is 0 Å². The largest absolute Gasteiger partial charge is 0.504 e. The van der Waals surface area contributed by atoms with Crippen LogP contribution >= 0.6 is 15.9 Å². The summed E-state index contributed by atoms with van der Waals surface area (Å²) in [6.07, 6.45) is 4.13. The number of nitrogens with one attached hydrogen (secondary N) is 1. The van der Waals surface area contributed by atoms with Crippen molar-refractivity contribution in [2.45, 2.75) is 32.1 Å². The fraction of sp³-hybridized carbons (Fsp3) is 0.533. The monoisotopic (exact) mass is 352 g/mol. The molecule has 0 aliphatic heterocycles. The molecule has 0 spiro atoms. The smallest absolute Gasteiger partial charge is 0.228 e. The van der Waals surface area contributed by atoms with Crippen molar-refractivity contribution >= 4 is 33.4 Å². The fourth-order valence-electron chi connectivity index (χ4n) is 3.43. The molecule has 0 aromatic carbocycles. The SMILES string of the molecule is O=C(Nc1nc(Br)ccc1O)C1CC2CCCC(C1)C2=O. The number of nitrogens with zero attached hydrogens (tertiary/aromatic N) is 1. The Kier molecular flexibility index (Phi) is 3.97. The lowest BCUT2D eigenvalue weighted by atomic mass is 9.67. The molecule has 1 amide bonds. The normalized spacial score (nSPS) is 28.2. The Morgan fingerprint density at radius 1 is 1.29 bits per heavy atom. The van der Waals surface area contributed by atoms with Crippen molar-refractivity contribution in [2.75, 3.05) is 5.32 Å². The molecule has 2 aliphatic carbocycles. The maximum atomic E-state index is 12.4. The van der Waals surface area contributed by atoms with Gasteiger partial charge in [0.2, 0.25) is 5.91 Å². The average Bonchev–Trinajstić information content (AvgIpc) is 2.42. The van der Waals surface area contributed by atoms with Crippen LogP contribution in [0.3, 0.4) is 0 Å². The first-order chi connectivity index (χ1) is 10.0. The van der Waals surface area contributed by atoms with Gasteiger partial charge in [-0.05, 0) is 53.7 Å². The summed E-state index contributed by atoms with van der Waals surface area (Å²) >= 11 is 3.21. The lowest BCUT2D eigenvalue weighted by molar-refractivity contribution is -0.136. The molecule has 2 saturated carbocycles. The number of rotatable bonds is 2. The average molecular weight is 353 g/mol. The third kappa shape index (κ3) is 2.95. The van der Waals surface area contributed by atoms with Crippen LogP contribution in [-0.4, -0.2) is 21.8 Å². The zero-order valence-corrected chi connectivity index (χ0v) is 13.1. The lowest BCUT2D eigenvalue weighted by Crippen LogP contribution is -2.40. The summed E-state index contributed by atoms with van der Waals surface area (Å²) in [5.74, 6) is 0.205. The van der Waals surface area contributed by atoms with Crippen LogP contribution in [0.5, 0.6) is 5.75 Å². The fourth-order valence-corrected chi connectivity index (χ4v) is 3.74. The van der Waals surface area contributed by atoms with E-state index in [2.05, 4.69) is 26.2 Å². The predicted molar refractivity (Wildman–Crippen MR) is 80.8 cm³/mol. The van der Waals surface area contributed by atoms with Gasteiger partial charge in [0.05, 0.1) is 0 Å². The van der Waals surface area contributed by atoms with Gasteiger partial charge in [-0.25, -0.2) is 4.98 Å². The molecule has 0 radical (unpaired) electrons. The van der Waals surface area contributed by atoms with E-state index in [4.69, 9.17) is 0 Å². The highest BCUT2D eigenvalue weighted by Crippen LogP contribution is 2.40. The second-order valence-corrected chi connectivity index (χ2v) is 6.70. The predicted octanol–water partition coefficient (Wildman–Crippen LogP) is 2.88. The minimum Gasteiger partial charge on any atom is -0.504 e. The van der Waals surface area contributed by atoms with Crippen molar-refractivity contribution < 1.29 is 14.7 Å². The third-order valence-corrected chi connectivity index (χ3v) is 4.94. The van der Waals surface area contributed by atoms with Crippen molar-refractivity contribution in [3.8, 4) is 5.75 Å². The maximum absolute atomic E-state index is 12.4. The number of pyridine rings is 1. The van der Waals surface area contributed by atoms with Crippen LogP contribution < -0.4 is 5.32 Å². The van der Waals surface area contributed by atoms with Crippen LogP contribution in [0.15, 0.2) is 16.7 Å². The van der Waals surface area contributed by atoms with Crippen molar-refractivity contribution in [1.82, 2.24) is 4.98 Å². The van der Waals surface area contributed by atoms with Gasteiger partial charge in [-0.3, -0.25) is 9.59 Å². The van der Waals surface area contributed by atoms with Gasteiger partial charge >= 0.3 is 0 Å². The number of hydrogen-bond acceptors (Lipinski definition) is 4. The topological polar surface area (TPSA) is 79.3 Å². The molecule has 6 heteroatoms. The van der Waals surface area contributed by atoms with Crippen LogP contribution in [0, 0.1) is 17.8 Å². The number of amides is 1. The van der Waals surface area contributed by atoms with Gasteiger partial charge in [0.15, 0.2) is 11.6 Å². The first-order valence-electron chi connectivity index (χ1n) is 7.24. The zero-order chi connectivity index (χ0) is 15.0. The van der Waals surface area contributed by atoms with Crippen LogP contribution in [-0.2, 0) is 9.59 Å². The molecular formula is C15H17BrN2O3. The number of carbonyl (C=O) groups excluding carboxylic acids is 2. The Balaban J connectivity index is 1.71. The number of aromatic nitrogens is 1.